The minimum Gasteiger partial charge on any atom is -0.338 e. The molecule has 0 saturated heterocycles. The van der Waals surface area contributed by atoms with Crippen LogP contribution in [0, 0.1) is 0 Å². The zero-order chi connectivity index (χ0) is 13.9. The van der Waals surface area contributed by atoms with Crippen molar-refractivity contribution in [2.75, 3.05) is 11.9 Å². The number of alkyl halides is 1. The van der Waals surface area contributed by atoms with E-state index in [0.717, 1.165) is 18.3 Å². The number of hydrogen-bond acceptors (Lipinski definition) is 1. The van der Waals surface area contributed by atoms with Gasteiger partial charge in [0.25, 0.3) is 0 Å². The van der Waals surface area contributed by atoms with E-state index in [9.17, 15) is 4.79 Å². The molecule has 0 heterocycles. The van der Waals surface area contributed by atoms with Gasteiger partial charge in [0.15, 0.2) is 0 Å². The summed E-state index contributed by atoms with van der Waals surface area (Å²) < 4.78 is 0. The average Bonchev–Trinajstić information content (AvgIpc) is 2.47. The number of benzene rings is 1. The molecule has 0 aliphatic heterocycles. The van der Waals surface area contributed by atoms with Crippen LogP contribution in [0.2, 0.25) is 0 Å². The Hall–Kier alpha value is -0.830. The lowest BCUT2D eigenvalue weighted by molar-refractivity contribution is -0.136. The lowest BCUT2D eigenvalue weighted by Crippen LogP contribution is -2.47. The number of nitrogens with zero attached hydrogens (tertiary/aromatic N) is 1. The summed E-state index contributed by atoms with van der Waals surface area (Å²) in [5.74, 6) is 0.474. The van der Waals surface area contributed by atoms with Gasteiger partial charge in [-0.1, -0.05) is 59.5 Å². The molecule has 0 N–H and O–H groups in total. The van der Waals surface area contributed by atoms with E-state index in [2.05, 4.69) is 39.0 Å². The third-order valence-electron chi connectivity index (χ3n) is 4.78. The van der Waals surface area contributed by atoms with Gasteiger partial charge in [-0.3, -0.25) is 4.79 Å². The van der Waals surface area contributed by atoms with Crippen LogP contribution >= 0.6 is 15.9 Å². The number of amides is 1. The Morgan fingerprint density at radius 3 is 2.65 bits per heavy atom. The van der Waals surface area contributed by atoms with Gasteiger partial charge in [0.2, 0.25) is 5.91 Å². The van der Waals surface area contributed by atoms with Crippen LogP contribution in [0.25, 0.3) is 0 Å². The summed E-state index contributed by atoms with van der Waals surface area (Å²) in [6.07, 6.45) is 7.19. The first-order valence-corrected chi connectivity index (χ1v) is 8.87. The van der Waals surface area contributed by atoms with Gasteiger partial charge < -0.3 is 4.90 Å². The highest BCUT2D eigenvalue weighted by atomic mass is 79.9. The third-order valence-corrected chi connectivity index (χ3v) is 5.13. The molecule has 20 heavy (non-hydrogen) atoms. The third kappa shape index (κ3) is 2.65. The molecule has 1 atom stereocenters. The molecule has 1 unspecified atom stereocenters. The second kappa shape index (κ2) is 6.30. The molecule has 2 aliphatic carbocycles. The summed E-state index contributed by atoms with van der Waals surface area (Å²) in [6.45, 7) is 0.849. The number of carbonyl (C=O) groups is 1. The maximum Gasteiger partial charge on any atom is 0.230 e. The molecule has 3 rings (SSSR count). The zero-order valence-corrected chi connectivity index (χ0v) is 13.4. The van der Waals surface area contributed by atoms with Gasteiger partial charge >= 0.3 is 0 Å². The van der Waals surface area contributed by atoms with Gasteiger partial charge in [0.1, 0.15) is 0 Å². The van der Waals surface area contributed by atoms with Crippen molar-refractivity contribution >= 4 is 21.8 Å². The van der Waals surface area contributed by atoms with Crippen molar-refractivity contribution in [2.45, 2.75) is 50.5 Å². The molecule has 1 aromatic rings. The number of rotatable bonds is 4. The zero-order valence-electron chi connectivity index (χ0n) is 11.9. The fourth-order valence-electron chi connectivity index (χ4n) is 3.64. The molecule has 108 valence electrons. The van der Waals surface area contributed by atoms with E-state index in [1.807, 2.05) is 6.07 Å². The Morgan fingerprint density at radius 2 is 1.95 bits per heavy atom. The fourth-order valence-corrected chi connectivity index (χ4v) is 4.02. The van der Waals surface area contributed by atoms with Crippen molar-refractivity contribution in [1.82, 2.24) is 4.90 Å². The summed E-state index contributed by atoms with van der Waals surface area (Å²) in [5.41, 5.74) is 2.61. The van der Waals surface area contributed by atoms with Crippen LogP contribution < -0.4 is 0 Å². The maximum atomic E-state index is 12.9. The van der Waals surface area contributed by atoms with E-state index in [4.69, 9.17) is 0 Å². The summed E-state index contributed by atoms with van der Waals surface area (Å²) in [6, 6.07) is 8.86. The molecule has 0 spiro atoms. The van der Waals surface area contributed by atoms with E-state index in [1.165, 1.54) is 43.2 Å². The quantitative estimate of drug-likeness (QED) is 0.764. The fraction of sp³-hybridized carbons (Fsp3) is 0.588. The van der Waals surface area contributed by atoms with E-state index in [-0.39, 0.29) is 5.92 Å². The molecule has 2 aliphatic rings. The van der Waals surface area contributed by atoms with Crippen molar-refractivity contribution in [3.05, 3.63) is 35.4 Å². The molecule has 0 aromatic heterocycles. The Bertz CT molecular complexity index is 482. The highest BCUT2D eigenvalue weighted by Crippen LogP contribution is 2.37. The van der Waals surface area contributed by atoms with Crippen LogP contribution in [0.5, 0.6) is 0 Å². The highest BCUT2D eigenvalue weighted by molar-refractivity contribution is 9.09. The Balaban J connectivity index is 1.73. The molecule has 1 fully saturated rings. The second-order valence-corrected chi connectivity index (χ2v) is 6.76. The van der Waals surface area contributed by atoms with Crippen LogP contribution in [-0.2, 0) is 11.2 Å². The van der Waals surface area contributed by atoms with Crippen molar-refractivity contribution < 1.29 is 4.79 Å². The minimum absolute atomic E-state index is 0.118. The molecule has 0 radical (unpaired) electrons. The van der Waals surface area contributed by atoms with Crippen molar-refractivity contribution in [3.8, 4) is 0 Å². The topological polar surface area (TPSA) is 20.3 Å². The van der Waals surface area contributed by atoms with E-state index in [0.29, 0.717) is 11.9 Å². The lowest BCUT2D eigenvalue weighted by atomic mass is 9.76. The van der Waals surface area contributed by atoms with E-state index < -0.39 is 0 Å². The van der Waals surface area contributed by atoms with Gasteiger partial charge in [0, 0.05) is 17.9 Å². The van der Waals surface area contributed by atoms with Crippen molar-refractivity contribution in [3.63, 3.8) is 0 Å². The summed E-state index contributed by atoms with van der Waals surface area (Å²) in [5, 5.41) is 0.879. The van der Waals surface area contributed by atoms with Gasteiger partial charge in [-0.2, -0.15) is 0 Å². The minimum atomic E-state index is 0.118. The monoisotopic (exact) mass is 335 g/mol. The van der Waals surface area contributed by atoms with Gasteiger partial charge in [-0.05, 0) is 30.4 Å². The van der Waals surface area contributed by atoms with E-state index >= 15 is 0 Å². The number of carbonyl (C=O) groups excluding carboxylic acids is 1. The normalized spacial score (nSPS) is 21.9. The molecular formula is C17H22BrNO. The van der Waals surface area contributed by atoms with Crippen LogP contribution in [0.4, 0.5) is 0 Å². The smallest absolute Gasteiger partial charge is 0.230 e. The molecule has 0 bridgehead atoms. The second-order valence-electron chi connectivity index (χ2n) is 5.97. The van der Waals surface area contributed by atoms with Gasteiger partial charge in [-0.15, -0.1) is 0 Å². The van der Waals surface area contributed by atoms with Gasteiger partial charge in [0.05, 0.1) is 5.92 Å². The largest absolute Gasteiger partial charge is 0.338 e. The number of halogens is 1. The Kier molecular flexibility index (Phi) is 4.45. The summed E-state index contributed by atoms with van der Waals surface area (Å²) in [7, 11) is 0. The van der Waals surface area contributed by atoms with Crippen LogP contribution in [0.3, 0.4) is 0 Å². The Morgan fingerprint density at radius 1 is 1.20 bits per heavy atom. The van der Waals surface area contributed by atoms with Crippen LogP contribution in [0.1, 0.15) is 49.1 Å². The molecule has 2 nitrogen and oxygen atoms in total. The van der Waals surface area contributed by atoms with E-state index in [1.54, 1.807) is 0 Å². The van der Waals surface area contributed by atoms with Gasteiger partial charge in [-0.25, -0.2) is 0 Å². The molecule has 1 aromatic carbocycles. The summed E-state index contributed by atoms with van der Waals surface area (Å²) >= 11 is 3.51. The molecular weight excluding hydrogens is 314 g/mol. The first kappa shape index (κ1) is 14.1. The number of fused-ring (bicyclic) bond motifs is 1. The van der Waals surface area contributed by atoms with Crippen molar-refractivity contribution in [1.29, 1.82) is 0 Å². The molecule has 3 heteroatoms. The predicted molar refractivity (Wildman–Crippen MR) is 85.3 cm³/mol. The molecule has 1 saturated carbocycles. The number of hydrogen-bond donors (Lipinski definition) is 0. The van der Waals surface area contributed by atoms with Crippen LogP contribution in [0.15, 0.2) is 24.3 Å². The SMILES string of the molecule is O=C(C1Cc2ccccc21)N(CCBr)C1CCCCC1. The first-order chi connectivity index (χ1) is 9.81. The van der Waals surface area contributed by atoms with Crippen LogP contribution in [-0.4, -0.2) is 28.7 Å². The maximum absolute atomic E-state index is 12.9. The molecule has 1 amide bonds. The predicted octanol–water partition coefficient (Wildman–Crippen LogP) is 3.88. The Labute approximate surface area is 129 Å². The summed E-state index contributed by atoms with van der Waals surface area (Å²) in [4.78, 5) is 15.0. The average molecular weight is 336 g/mol. The highest BCUT2D eigenvalue weighted by Gasteiger charge is 2.36. The van der Waals surface area contributed by atoms with Crippen molar-refractivity contribution in [2.24, 2.45) is 0 Å². The lowest BCUT2D eigenvalue weighted by Gasteiger charge is -2.39. The first-order valence-electron chi connectivity index (χ1n) is 7.75. The standard InChI is InChI=1S/C17H22BrNO/c18-10-11-19(14-7-2-1-3-8-14)17(20)16-12-13-6-4-5-9-15(13)16/h4-6,9,14,16H,1-3,7-8,10-12H2.